The minimum absolute atomic E-state index is 0.166. The molecule has 1 atom stereocenters. The van der Waals surface area contributed by atoms with Gasteiger partial charge in [0, 0.05) is 13.1 Å². The third-order valence-corrected chi connectivity index (χ3v) is 2.38. The van der Waals surface area contributed by atoms with Crippen LogP contribution in [0.5, 0.6) is 5.75 Å². The Balaban J connectivity index is 2.35. The van der Waals surface area contributed by atoms with Crippen LogP contribution in [0.15, 0.2) is 18.3 Å². The Morgan fingerprint density at radius 2 is 2.20 bits per heavy atom. The highest BCUT2D eigenvalue weighted by atomic mass is 16.3. The molecule has 1 aromatic rings. The summed E-state index contributed by atoms with van der Waals surface area (Å²) in [5, 5.41) is 21.9. The van der Waals surface area contributed by atoms with Gasteiger partial charge in [0.15, 0.2) is 0 Å². The summed E-state index contributed by atoms with van der Waals surface area (Å²) >= 11 is 0. The smallest absolute Gasteiger partial charge is 0.133 e. The number of aromatic hydroxyl groups is 1. The van der Waals surface area contributed by atoms with Gasteiger partial charge >= 0.3 is 0 Å². The number of nitrogens with zero attached hydrogens (tertiary/aromatic N) is 1. The molecule has 0 aliphatic rings. The molecule has 15 heavy (non-hydrogen) atoms. The van der Waals surface area contributed by atoms with Gasteiger partial charge in [-0.25, -0.2) is 0 Å². The quantitative estimate of drug-likeness (QED) is 0.679. The number of pyridine rings is 1. The van der Waals surface area contributed by atoms with Crippen LogP contribution >= 0.6 is 0 Å². The maximum absolute atomic E-state index is 9.72. The lowest BCUT2D eigenvalue weighted by atomic mass is 10.0. The minimum atomic E-state index is -0.670. The SMILES string of the molecule is CCC(C)(O)CNCc1ccc(O)cn1. The van der Waals surface area contributed by atoms with Crippen LogP contribution in [0.4, 0.5) is 0 Å². The zero-order valence-electron chi connectivity index (χ0n) is 9.20. The van der Waals surface area contributed by atoms with Gasteiger partial charge in [-0.3, -0.25) is 4.98 Å². The molecule has 0 aliphatic carbocycles. The minimum Gasteiger partial charge on any atom is -0.506 e. The topological polar surface area (TPSA) is 65.4 Å². The fourth-order valence-electron chi connectivity index (χ4n) is 1.11. The lowest BCUT2D eigenvalue weighted by Gasteiger charge is -2.21. The molecule has 1 aromatic heterocycles. The van der Waals surface area contributed by atoms with E-state index >= 15 is 0 Å². The Kier molecular flexibility index (Phi) is 4.05. The molecule has 1 unspecified atom stereocenters. The standard InChI is InChI=1S/C11H18N2O2/c1-3-11(2,15)8-12-6-9-4-5-10(14)7-13-9/h4-5,7,12,14-15H,3,6,8H2,1-2H3. The summed E-state index contributed by atoms with van der Waals surface area (Å²) in [6, 6.07) is 3.35. The number of hydrogen-bond donors (Lipinski definition) is 3. The molecule has 1 heterocycles. The van der Waals surface area contributed by atoms with E-state index < -0.39 is 5.60 Å². The summed E-state index contributed by atoms with van der Waals surface area (Å²) in [6.45, 7) is 4.87. The van der Waals surface area contributed by atoms with Crippen LogP contribution in [0.1, 0.15) is 26.0 Å². The summed E-state index contributed by atoms with van der Waals surface area (Å²) in [5.41, 5.74) is 0.177. The van der Waals surface area contributed by atoms with Crippen LogP contribution < -0.4 is 5.32 Å². The number of aromatic nitrogens is 1. The zero-order valence-corrected chi connectivity index (χ0v) is 9.20. The highest BCUT2D eigenvalue weighted by molar-refractivity contribution is 5.17. The zero-order chi connectivity index (χ0) is 11.3. The second-order valence-corrected chi connectivity index (χ2v) is 3.96. The van der Waals surface area contributed by atoms with Gasteiger partial charge in [-0.05, 0) is 25.5 Å². The van der Waals surface area contributed by atoms with Crippen molar-refractivity contribution in [3.63, 3.8) is 0 Å². The lowest BCUT2D eigenvalue weighted by molar-refractivity contribution is 0.0555. The second-order valence-electron chi connectivity index (χ2n) is 3.96. The van der Waals surface area contributed by atoms with E-state index in [1.807, 2.05) is 6.92 Å². The maximum atomic E-state index is 9.72. The molecule has 0 aromatic carbocycles. The normalized spacial score (nSPS) is 14.9. The third-order valence-electron chi connectivity index (χ3n) is 2.38. The first-order valence-electron chi connectivity index (χ1n) is 5.10. The van der Waals surface area contributed by atoms with Crippen molar-refractivity contribution >= 4 is 0 Å². The Morgan fingerprint density at radius 1 is 1.47 bits per heavy atom. The van der Waals surface area contributed by atoms with Gasteiger partial charge in [-0.2, -0.15) is 0 Å². The van der Waals surface area contributed by atoms with Crippen LogP contribution in [-0.2, 0) is 6.54 Å². The van der Waals surface area contributed by atoms with E-state index in [0.717, 1.165) is 5.69 Å². The molecule has 4 nitrogen and oxygen atoms in total. The number of rotatable bonds is 5. The molecule has 1 rings (SSSR count). The van der Waals surface area contributed by atoms with E-state index in [4.69, 9.17) is 5.11 Å². The average molecular weight is 210 g/mol. The van der Waals surface area contributed by atoms with E-state index in [1.54, 1.807) is 19.1 Å². The van der Waals surface area contributed by atoms with E-state index in [2.05, 4.69) is 10.3 Å². The van der Waals surface area contributed by atoms with Gasteiger partial charge in [0.1, 0.15) is 5.75 Å². The van der Waals surface area contributed by atoms with Gasteiger partial charge in [0.2, 0.25) is 0 Å². The van der Waals surface area contributed by atoms with Crippen molar-refractivity contribution in [3.8, 4) is 5.75 Å². The predicted molar refractivity (Wildman–Crippen MR) is 58.5 cm³/mol. The highest BCUT2D eigenvalue weighted by Gasteiger charge is 2.16. The third kappa shape index (κ3) is 4.27. The maximum Gasteiger partial charge on any atom is 0.133 e. The lowest BCUT2D eigenvalue weighted by Crippen LogP contribution is -2.36. The Hall–Kier alpha value is -1.13. The van der Waals surface area contributed by atoms with E-state index in [1.165, 1.54) is 6.20 Å². The van der Waals surface area contributed by atoms with Crippen LogP contribution in [-0.4, -0.2) is 27.3 Å². The van der Waals surface area contributed by atoms with Crippen LogP contribution in [0.3, 0.4) is 0 Å². The molecule has 0 radical (unpaired) electrons. The van der Waals surface area contributed by atoms with Crippen molar-refractivity contribution in [2.45, 2.75) is 32.4 Å². The summed E-state index contributed by atoms with van der Waals surface area (Å²) in [6.07, 6.45) is 2.12. The molecule has 0 saturated carbocycles. The van der Waals surface area contributed by atoms with Crippen LogP contribution in [0, 0.1) is 0 Å². The molecule has 4 heteroatoms. The first-order valence-corrected chi connectivity index (χ1v) is 5.10. The van der Waals surface area contributed by atoms with Crippen molar-refractivity contribution in [3.05, 3.63) is 24.0 Å². The number of hydrogen-bond acceptors (Lipinski definition) is 4. The van der Waals surface area contributed by atoms with Crippen molar-refractivity contribution in [2.75, 3.05) is 6.54 Å². The first kappa shape index (κ1) is 11.9. The molecule has 84 valence electrons. The van der Waals surface area contributed by atoms with Crippen molar-refractivity contribution in [1.82, 2.24) is 10.3 Å². The number of aliphatic hydroxyl groups is 1. The van der Waals surface area contributed by atoms with Crippen LogP contribution in [0.2, 0.25) is 0 Å². The summed E-state index contributed by atoms with van der Waals surface area (Å²) in [4.78, 5) is 4.03. The van der Waals surface area contributed by atoms with E-state index in [0.29, 0.717) is 19.5 Å². The Labute approximate surface area is 90.0 Å². The summed E-state index contributed by atoms with van der Waals surface area (Å²) in [7, 11) is 0. The first-order chi connectivity index (χ1) is 7.03. The molecule has 3 N–H and O–H groups in total. The Morgan fingerprint density at radius 3 is 2.73 bits per heavy atom. The predicted octanol–water partition coefficient (Wildman–Crippen LogP) is 1.04. The molecule has 0 fully saturated rings. The molecule has 0 amide bonds. The van der Waals surface area contributed by atoms with Gasteiger partial charge in [0.05, 0.1) is 17.5 Å². The molecular weight excluding hydrogens is 192 g/mol. The van der Waals surface area contributed by atoms with Gasteiger partial charge in [0.25, 0.3) is 0 Å². The van der Waals surface area contributed by atoms with Gasteiger partial charge in [-0.15, -0.1) is 0 Å². The fraction of sp³-hybridized carbons (Fsp3) is 0.545. The van der Waals surface area contributed by atoms with E-state index in [-0.39, 0.29) is 5.75 Å². The monoisotopic (exact) mass is 210 g/mol. The molecule has 0 saturated heterocycles. The largest absolute Gasteiger partial charge is 0.506 e. The second kappa shape index (κ2) is 5.09. The van der Waals surface area contributed by atoms with Crippen LogP contribution in [0.25, 0.3) is 0 Å². The van der Waals surface area contributed by atoms with Crippen molar-refractivity contribution in [2.24, 2.45) is 0 Å². The fourth-order valence-corrected chi connectivity index (χ4v) is 1.11. The van der Waals surface area contributed by atoms with E-state index in [9.17, 15) is 5.11 Å². The molecule has 0 spiro atoms. The molecule has 0 bridgehead atoms. The summed E-state index contributed by atoms with van der Waals surface area (Å²) in [5.74, 6) is 0.166. The molecular formula is C11H18N2O2. The van der Waals surface area contributed by atoms with Gasteiger partial charge in [-0.1, -0.05) is 6.92 Å². The van der Waals surface area contributed by atoms with Gasteiger partial charge < -0.3 is 15.5 Å². The summed E-state index contributed by atoms with van der Waals surface area (Å²) < 4.78 is 0. The molecule has 0 aliphatic heterocycles. The highest BCUT2D eigenvalue weighted by Crippen LogP contribution is 2.08. The number of nitrogens with one attached hydrogen (secondary N) is 1. The van der Waals surface area contributed by atoms with Crippen molar-refractivity contribution in [1.29, 1.82) is 0 Å². The van der Waals surface area contributed by atoms with Crippen molar-refractivity contribution < 1.29 is 10.2 Å². The average Bonchev–Trinajstić information content (AvgIpc) is 2.21. The Bertz CT molecular complexity index is 296.